The van der Waals surface area contributed by atoms with Gasteiger partial charge in [0, 0.05) is 18.9 Å². The van der Waals surface area contributed by atoms with Crippen LogP contribution in [-0.4, -0.2) is 39.5 Å². The Bertz CT molecular complexity index is 772. The van der Waals surface area contributed by atoms with Crippen molar-refractivity contribution in [1.82, 2.24) is 20.2 Å². The highest BCUT2D eigenvalue weighted by atomic mass is 35.5. The van der Waals surface area contributed by atoms with Crippen LogP contribution in [0.5, 0.6) is 0 Å². The van der Waals surface area contributed by atoms with Gasteiger partial charge < -0.3 is 10.1 Å². The van der Waals surface area contributed by atoms with E-state index in [1.165, 1.54) is 17.3 Å². The number of carbonyl (C=O) groups is 2. The molecule has 0 spiro atoms. The van der Waals surface area contributed by atoms with Gasteiger partial charge in [-0.2, -0.15) is 0 Å². The third kappa shape index (κ3) is 4.49. The first-order valence-electron chi connectivity index (χ1n) is 8.35. The molecule has 7 nitrogen and oxygen atoms in total. The summed E-state index contributed by atoms with van der Waals surface area (Å²) in [5, 5.41) is 3.01. The Hall–Kier alpha value is -2.67. The summed E-state index contributed by atoms with van der Waals surface area (Å²) < 4.78 is 5.34. The van der Waals surface area contributed by atoms with E-state index in [9.17, 15) is 9.59 Å². The Balaban J connectivity index is 1.54. The minimum absolute atomic E-state index is 0.162. The van der Waals surface area contributed by atoms with Crippen molar-refractivity contribution in [3.63, 3.8) is 0 Å². The second-order valence-corrected chi connectivity index (χ2v) is 6.26. The molecule has 3 rings (SSSR count). The summed E-state index contributed by atoms with van der Waals surface area (Å²) in [6, 6.07) is 8.88. The maximum Gasteiger partial charge on any atom is 0.410 e. The third-order valence-corrected chi connectivity index (χ3v) is 4.46. The van der Waals surface area contributed by atoms with Gasteiger partial charge in [0.1, 0.15) is 12.6 Å². The predicted molar refractivity (Wildman–Crippen MR) is 95.2 cm³/mol. The molecule has 1 aliphatic rings. The molecule has 2 aromatic rings. The lowest BCUT2D eigenvalue weighted by atomic mass is 10.2. The molecule has 0 aliphatic carbocycles. The first kappa shape index (κ1) is 18.1. The van der Waals surface area contributed by atoms with Gasteiger partial charge in [0.25, 0.3) is 0 Å². The van der Waals surface area contributed by atoms with Crippen LogP contribution in [-0.2, 0) is 22.7 Å². The van der Waals surface area contributed by atoms with Crippen LogP contribution in [0, 0.1) is 0 Å². The highest BCUT2D eigenvalue weighted by Gasteiger charge is 2.35. The number of likely N-dealkylation sites (tertiary alicyclic amines) is 1. The molecular formula is C18H19ClN4O3. The molecule has 2 amide bonds. The smallest absolute Gasteiger partial charge is 0.410 e. The lowest BCUT2D eigenvalue weighted by Crippen LogP contribution is -2.46. The molecule has 1 N–H and O–H groups in total. The molecule has 1 aliphatic heterocycles. The Labute approximate surface area is 156 Å². The highest BCUT2D eigenvalue weighted by Crippen LogP contribution is 2.19. The first-order chi connectivity index (χ1) is 12.6. The van der Waals surface area contributed by atoms with Crippen molar-refractivity contribution >= 4 is 23.6 Å². The van der Waals surface area contributed by atoms with Crippen molar-refractivity contribution in [3.05, 3.63) is 59.1 Å². The van der Waals surface area contributed by atoms with Crippen molar-refractivity contribution in [2.45, 2.75) is 32.0 Å². The molecule has 0 bridgehead atoms. The van der Waals surface area contributed by atoms with Gasteiger partial charge in [-0.1, -0.05) is 41.9 Å². The summed E-state index contributed by atoms with van der Waals surface area (Å²) in [5.74, 6) is -0.249. The average molecular weight is 375 g/mol. The molecule has 2 heterocycles. The predicted octanol–water partition coefficient (Wildman–Crippen LogP) is 2.55. The van der Waals surface area contributed by atoms with E-state index >= 15 is 0 Å². The molecule has 0 radical (unpaired) electrons. The number of ether oxygens (including phenoxy) is 1. The Morgan fingerprint density at radius 1 is 1.23 bits per heavy atom. The SMILES string of the molecule is O=C(NCc1nccnc1Cl)[C@@H]1CCCN1C(=O)OCc1ccccc1. The molecule has 136 valence electrons. The van der Waals surface area contributed by atoms with E-state index in [0.717, 1.165) is 12.0 Å². The third-order valence-electron chi connectivity index (χ3n) is 4.15. The van der Waals surface area contributed by atoms with Crippen molar-refractivity contribution < 1.29 is 14.3 Å². The van der Waals surface area contributed by atoms with E-state index in [1.807, 2.05) is 30.3 Å². The van der Waals surface area contributed by atoms with Gasteiger partial charge in [-0.3, -0.25) is 14.7 Å². The first-order valence-corrected chi connectivity index (χ1v) is 8.73. The standard InChI is InChI=1S/C18H19ClN4O3/c19-16-14(20-8-9-21-16)11-22-17(24)15-7-4-10-23(15)18(25)26-12-13-5-2-1-3-6-13/h1-3,5-6,8-9,15H,4,7,10-12H2,(H,22,24)/t15-/m0/s1. The fourth-order valence-corrected chi connectivity index (χ4v) is 2.99. The average Bonchev–Trinajstić information content (AvgIpc) is 3.16. The van der Waals surface area contributed by atoms with E-state index in [2.05, 4.69) is 15.3 Å². The van der Waals surface area contributed by atoms with Gasteiger partial charge in [0.15, 0.2) is 5.15 Å². The lowest BCUT2D eigenvalue weighted by molar-refractivity contribution is -0.125. The van der Waals surface area contributed by atoms with Crippen LogP contribution in [0.1, 0.15) is 24.1 Å². The van der Waals surface area contributed by atoms with E-state index in [-0.39, 0.29) is 24.2 Å². The van der Waals surface area contributed by atoms with Crippen LogP contribution >= 0.6 is 11.6 Å². The van der Waals surface area contributed by atoms with Gasteiger partial charge in [-0.05, 0) is 18.4 Å². The lowest BCUT2D eigenvalue weighted by Gasteiger charge is -2.23. The quantitative estimate of drug-likeness (QED) is 0.869. The van der Waals surface area contributed by atoms with Crippen molar-refractivity contribution in [2.24, 2.45) is 0 Å². The molecule has 0 saturated carbocycles. The summed E-state index contributed by atoms with van der Waals surface area (Å²) in [6.45, 7) is 0.840. The summed E-state index contributed by atoms with van der Waals surface area (Å²) in [4.78, 5) is 34.3. The Morgan fingerprint density at radius 3 is 2.77 bits per heavy atom. The molecule has 26 heavy (non-hydrogen) atoms. The van der Waals surface area contributed by atoms with Crippen LogP contribution in [0.4, 0.5) is 4.79 Å². The number of rotatable bonds is 5. The minimum atomic E-state index is -0.547. The number of carbonyl (C=O) groups excluding carboxylic acids is 2. The summed E-state index contributed by atoms with van der Waals surface area (Å²) in [6.07, 6.45) is 3.86. The maximum absolute atomic E-state index is 12.5. The molecule has 1 saturated heterocycles. The molecule has 1 atom stereocenters. The number of amides is 2. The Kier molecular flexibility index (Phi) is 6.01. The van der Waals surface area contributed by atoms with E-state index in [4.69, 9.17) is 16.3 Å². The van der Waals surface area contributed by atoms with Gasteiger partial charge in [0.2, 0.25) is 5.91 Å². The number of nitrogens with one attached hydrogen (secondary N) is 1. The van der Waals surface area contributed by atoms with Crippen LogP contribution < -0.4 is 5.32 Å². The van der Waals surface area contributed by atoms with E-state index in [0.29, 0.717) is 18.7 Å². The normalized spacial score (nSPS) is 16.3. The second kappa shape index (κ2) is 8.62. The number of halogens is 1. The van der Waals surface area contributed by atoms with Crippen LogP contribution in [0.25, 0.3) is 0 Å². The monoisotopic (exact) mass is 374 g/mol. The number of nitrogens with zero attached hydrogens (tertiary/aromatic N) is 3. The number of aromatic nitrogens is 2. The molecule has 0 unspecified atom stereocenters. The van der Waals surface area contributed by atoms with Crippen molar-refractivity contribution in [3.8, 4) is 0 Å². The summed E-state index contributed by atoms with van der Waals surface area (Å²) in [7, 11) is 0. The molecule has 8 heteroatoms. The maximum atomic E-state index is 12.5. The van der Waals surface area contributed by atoms with Crippen molar-refractivity contribution in [1.29, 1.82) is 0 Å². The van der Waals surface area contributed by atoms with Crippen LogP contribution in [0.3, 0.4) is 0 Å². The Morgan fingerprint density at radius 2 is 2.00 bits per heavy atom. The van der Waals surface area contributed by atoms with Crippen LogP contribution in [0.15, 0.2) is 42.7 Å². The topological polar surface area (TPSA) is 84.4 Å². The van der Waals surface area contributed by atoms with Gasteiger partial charge >= 0.3 is 6.09 Å². The van der Waals surface area contributed by atoms with Crippen LogP contribution in [0.2, 0.25) is 5.15 Å². The molecule has 1 aromatic heterocycles. The van der Waals surface area contributed by atoms with E-state index in [1.54, 1.807) is 0 Å². The largest absolute Gasteiger partial charge is 0.445 e. The molecular weight excluding hydrogens is 356 g/mol. The highest BCUT2D eigenvalue weighted by molar-refractivity contribution is 6.29. The summed E-state index contributed by atoms with van der Waals surface area (Å²) in [5.41, 5.74) is 1.39. The minimum Gasteiger partial charge on any atom is -0.445 e. The van der Waals surface area contributed by atoms with Gasteiger partial charge in [0.05, 0.1) is 12.2 Å². The number of hydrogen-bond donors (Lipinski definition) is 1. The fraction of sp³-hybridized carbons (Fsp3) is 0.333. The summed E-state index contributed by atoms with van der Waals surface area (Å²) >= 11 is 5.94. The fourth-order valence-electron chi connectivity index (χ4n) is 2.82. The second-order valence-electron chi connectivity index (χ2n) is 5.90. The van der Waals surface area contributed by atoms with Crippen molar-refractivity contribution in [2.75, 3.05) is 6.54 Å². The van der Waals surface area contributed by atoms with E-state index < -0.39 is 12.1 Å². The number of hydrogen-bond acceptors (Lipinski definition) is 5. The van der Waals surface area contributed by atoms with Gasteiger partial charge in [-0.15, -0.1) is 0 Å². The number of benzene rings is 1. The van der Waals surface area contributed by atoms with Gasteiger partial charge in [-0.25, -0.2) is 9.78 Å². The molecule has 1 fully saturated rings. The zero-order valence-electron chi connectivity index (χ0n) is 14.1. The molecule has 1 aromatic carbocycles. The zero-order chi connectivity index (χ0) is 18.4. The zero-order valence-corrected chi connectivity index (χ0v) is 14.9.